The minimum Gasteiger partial charge on any atom is -0.494 e. The van der Waals surface area contributed by atoms with Crippen LogP contribution in [0.4, 0.5) is 0 Å². The first-order chi connectivity index (χ1) is 15.7. The van der Waals surface area contributed by atoms with Gasteiger partial charge in [-0.15, -0.1) is 0 Å². The standard InChI is InChI=1S/C26H38N4O2/c1-4-27-25(28-19-23-13-9-10-14-24(23)32-5-2)29-20-26(15-17-31-18-16-26)30-21(3)22-11-7-6-8-12-22/h6-14,21,30H,4-5,15-20H2,1-3H3,(H2,27,28,29). The number of nitrogens with zero attached hydrogens (tertiary/aromatic N) is 1. The molecule has 6 heteroatoms. The summed E-state index contributed by atoms with van der Waals surface area (Å²) >= 11 is 0. The van der Waals surface area contributed by atoms with E-state index in [1.165, 1.54) is 5.56 Å². The van der Waals surface area contributed by atoms with Crippen molar-refractivity contribution in [1.82, 2.24) is 16.0 Å². The molecule has 1 heterocycles. The summed E-state index contributed by atoms with van der Waals surface area (Å²) in [5, 5.41) is 10.9. The van der Waals surface area contributed by atoms with Gasteiger partial charge in [-0.2, -0.15) is 0 Å². The highest BCUT2D eigenvalue weighted by atomic mass is 16.5. The van der Waals surface area contributed by atoms with Gasteiger partial charge < -0.3 is 25.4 Å². The number of hydrogen-bond acceptors (Lipinski definition) is 4. The van der Waals surface area contributed by atoms with Crippen LogP contribution >= 0.6 is 0 Å². The molecule has 0 bridgehead atoms. The maximum Gasteiger partial charge on any atom is 0.191 e. The van der Waals surface area contributed by atoms with Gasteiger partial charge in [0, 0.05) is 43.4 Å². The van der Waals surface area contributed by atoms with Crippen molar-refractivity contribution in [3.05, 3.63) is 65.7 Å². The number of hydrogen-bond donors (Lipinski definition) is 3. The van der Waals surface area contributed by atoms with Gasteiger partial charge in [-0.1, -0.05) is 48.5 Å². The summed E-state index contributed by atoms with van der Waals surface area (Å²) in [5.41, 5.74) is 2.34. The number of ether oxygens (including phenoxy) is 2. The second-order valence-corrected chi connectivity index (χ2v) is 8.26. The maximum atomic E-state index is 5.75. The van der Waals surface area contributed by atoms with Crippen molar-refractivity contribution in [1.29, 1.82) is 0 Å². The van der Waals surface area contributed by atoms with Crippen LogP contribution in [0.3, 0.4) is 0 Å². The smallest absolute Gasteiger partial charge is 0.191 e. The monoisotopic (exact) mass is 438 g/mol. The van der Waals surface area contributed by atoms with Crippen LogP contribution < -0.4 is 20.7 Å². The van der Waals surface area contributed by atoms with Crippen molar-refractivity contribution in [2.24, 2.45) is 4.99 Å². The van der Waals surface area contributed by atoms with Gasteiger partial charge in [0.05, 0.1) is 13.2 Å². The van der Waals surface area contributed by atoms with E-state index in [9.17, 15) is 0 Å². The minimum absolute atomic E-state index is 0.0487. The molecule has 1 atom stereocenters. The maximum absolute atomic E-state index is 5.75. The Kier molecular flexibility index (Phi) is 9.38. The first kappa shape index (κ1) is 24.1. The minimum atomic E-state index is -0.0487. The summed E-state index contributed by atoms with van der Waals surface area (Å²) in [7, 11) is 0. The Hall–Kier alpha value is -2.57. The predicted molar refractivity (Wildman–Crippen MR) is 131 cm³/mol. The van der Waals surface area contributed by atoms with Gasteiger partial charge >= 0.3 is 0 Å². The Bertz CT molecular complexity index is 835. The highest BCUT2D eigenvalue weighted by Crippen LogP contribution is 2.25. The lowest BCUT2D eigenvalue weighted by atomic mass is 9.88. The molecule has 32 heavy (non-hydrogen) atoms. The van der Waals surface area contributed by atoms with Crippen LogP contribution in [0.1, 0.15) is 50.8 Å². The molecule has 0 aromatic heterocycles. The SMILES string of the molecule is CCNC(=NCc1ccccc1OCC)NCC1(NC(C)c2ccccc2)CCOCC1. The summed E-state index contributed by atoms with van der Waals surface area (Å²) < 4.78 is 11.4. The molecule has 2 aromatic carbocycles. The lowest BCUT2D eigenvalue weighted by molar-refractivity contribution is 0.0355. The first-order valence-corrected chi connectivity index (χ1v) is 11.8. The average Bonchev–Trinajstić information content (AvgIpc) is 2.83. The van der Waals surface area contributed by atoms with Crippen LogP contribution in [-0.4, -0.2) is 44.4 Å². The van der Waals surface area contributed by atoms with E-state index in [1.54, 1.807) is 0 Å². The van der Waals surface area contributed by atoms with Crippen LogP contribution in [0.15, 0.2) is 59.6 Å². The number of benzene rings is 2. The molecule has 3 rings (SSSR count). The Morgan fingerprint density at radius 2 is 1.75 bits per heavy atom. The number of rotatable bonds is 10. The van der Waals surface area contributed by atoms with Gasteiger partial charge in [0.1, 0.15) is 5.75 Å². The highest BCUT2D eigenvalue weighted by molar-refractivity contribution is 5.79. The molecule has 1 aliphatic heterocycles. The van der Waals surface area contributed by atoms with E-state index in [0.29, 0.717) is 13.2 Å². The normalized spacial score (nSPS) is 16.9. The highest BCUT2D eigenvalue weighted by Gasteiger charge is 2.34. The van der Waals surface area contributed by atoms with E-state index < -0.39 is 0 Å². The van der Waals surface area contributed by atoms with E-state index in [2.05, 4.69) is 66.2 Å². The largest absolute Gasteiger partial charge is 0.494 e. The molecular weight excluding hydrogens is 400 g/mol. The van der Waals surface area contributed by atoms with Gasteiger partial charge in [0.2, 0.25) is 0 Å². The van der Waals surface area contributed by atoms with Crippen molar-refractivity contribution < 1.29 is 9.47 Å². The lowest BCUT2D eigenvalue weighted by Gasteiger charge is -2.41. The van der Waals surface area contributed by atoms with Gasteiger partial charge in [-0.25, -0.2) is 4.99 Å². The van der Waals surface area contributed by atoms with E-state index in [-0.39, 0.29) is 11.6 Å². The zero-order chi connectivity index (χ0) is 22.7. The zero-order valence-electron chi connectivity index (χ0n) is 19.7. The molecule has 0 aliphatic carbocycles. The Balaban J connectivity index is 1.69. The third-order valence-corrected chi connectivity index (χ3v) is 5.89. The van der Waals surface area contributed by atoms with E-state index in [0.717, 1.165) is 56.4 Å². The second kappa shape index (κ2) is 12.5. The number of nitrogens with one attached hydrogen (secondary N) is 3. The second-order valence-electron chi connectivity index (χ2n) is 8.26. The first-order valence-electron chi connectivity index (χ1n) is 11.8. The van der Waals surface area contributed by atoms with Crippen molar-refractivity contribution in [3.8, 4) is 5.75 Å². The van der Waals surface area contributed by atoms with Crippen LogP contribution in [0, 0.1) is 0 Å². The van der Waals surface area contributed by atoms with Gasteiger partial charge in [0.25, 0.3) is 0 Å². The Morgan fingerprint density at radius 3 is 2.47 bits per heavy atom. The molecule has 2 aromatic rings. The zero-order valence-corrected chi connectivity index (χ0v) is 19.7. The molecule has 3 N–H and O–H groups in total. The van der Waals surface area contributed by atoms with E-state index >= 15 is 0 Å². The number of guanidine groups is 1. The number of aliphatic imine (C=N–C) groups is 1. The van der Waals surface area contributed by atoms with Crippen LogP contribution in [0.25, 0.3) is 0 Å². The summed E-state index contributed by atoms with van der Waals surface area (Å²) in [6, 6.07) is 19.0. The fourth-order valence-electron chi connectivity index (χ4n) is 4.11. The van der Waals surface area contributed by atoms with Crippen molar-refractivity contribution in [2.45, 2.75) is 51.7 Å². The van der Waals surface area contributed by atoms with Crippen LogP contribution in [0.2, 0.25) is 0 Å². The number of para-hydroxylation sites is 1. The quantitative estimate of drug-likeness (QED) is 0.386. The van der Waals surface area contributed by atoms with E-state index in [4.69, 9.17) is 14.5 Å². The Labute approximate surface area is 192 Å². The molecule has 6 nitrogen and oxygen atoms in total. The third-order valence-electron chi connectivity index (χ3n) is 5.89. The van der Waals surface area contributed by atoms with Gasteiger partial charge in [-0.3, -0.25) is 0 Å². The molecule has 1 aliphatic rings. The fourth-order valence-corrected chi connectivity index (χ4v) is 4.11. The molecule has 0 spiro atoms. The van der Waals surface area contributed by atoms with Crippen LogP contribution in [0.5, 0.6) is 5.75 Å². The molecular formula is C26H38N4O2. The summed E-state index contributed by atoms with van der Waals surface area (Å²) in [5.74, 6) is 1.72. The van der Waals surface area contributed by atoms with Gasteiger partial charge in [-0.05, 0) is 45.2 Å². The fraction of sp³-hybridized carbons (Fsp3) is 0.500. The summed E-state index contributed by atoms with van der Waals surface area (Å²) in [6.07, 6.45) is 1.92. The Morgan fingerprint density at radius 1 is 1.03 bits per heavy atom. The van der Waals surface area contributed by atoms with E-state index in [1.807, 2.05) is 25.1 Å². The molecule has 174 valence electrons. The van der Waals surface area contributed by atoms with Crippen molar-refractivity contribution in [3.63, 3.8) is 0 Å². The molecule has 1 saturated heterocycles. The van der Waals surface area contributed by atoms with Crippen LogP contribution in [-0.2, 0) is 11.3 Å². The molecule has 0 radical (unpaired) electrons. The topological polar surface area (TPSA) is 66.9 Å². The molecule has 1 fully saturated rings. The predicted octanol–water partition coefficient (Wildman–Crippen LogP) is 4.04. The molecule has 1 unspecified atom stereocenters. The van der Waals surface area contributed by atoms with Crippen molar-refractivity contribution >= 4 is 5.96 Å². The lowest BCUT2D eigenvalue weighted by Crippen LogP contribution is -2.58. The third kappa shape index (κ3) is 6.97. The molecule has 0 saturated carbocycles. The molecule has 0 amide bonds. The van der Waals surface area contributed by atoms with Gasteiger partial charge in [0.15, 0.2) is 5.96 Å². The summed E-state index contributed by atoms with van der Waals surface area (Å²) in [4.78, 5) is 4.83. The summed E-state index contributed by atoms with van der Waals surface area (Å²) in [6.45, 7) is 10.7. The average molecular weight is 439 g/mol. The van der Waals surface area contributed by atoms with Crippen molar-refractivity contribution in [2.75, 3.05) is 32.9 Å².